The van der Waals surface area contributed by atoms with Gasteiger partial charge in [-0.1, -0.05) is 60.2 Å². The second kappa shape index (κ2) is 7.99. The van der Waals surface area contributed by atoms with Crippen molar-refractivity contribution in [2.75, 3.05) is 5.32 Å². The summed E-state index contributed by atoms with van der Waals surface area (Å²) in [5, 5.41) is 7.33. The first-order valence-electron chi connectivity index (χ1n) is 10.2. The Balaban J connectivity index is 1.37. The Bertz CT molecular complexity index is 1330. The van der Waals surface area contributed by atoms with Crippen LogP contribution in [0.15, 0.2) is 89.8 Å². The molecule has 6 heteroatoms. The van der Waals surface area contributed by atoms with Crippen LogP contribution in [-0.2, 0) is 13.1 Å². The van der Waals surface area contributed by atoms with Crippen LogP contribution in [0.25, 0.3) is 11.1 Å². The van der Waals surface area contributed by atoms with Crippen LogP contribution >= 0.6 is 0 Å². The molecule has 2 aromatic carbocycles. The molecule has 5 aromatic rings. The van der Waals surface area contributed by atoms with E-state index in [-0.39, 0.29) is 5.91 Å². The fourth-order valence-corrected chi connectivity index (χ4v) is 3.69. The second-order valence-electron chi connectivity index (χ2n) is 7.64. The zero-order valence-electron chi connectivity index (χ0n) is 17.2. The first kappa shape index (κ1) is 18.9. The molecule has 3 aromatic heterocycles. The molecule has 0 radical (unpaired) electrons. The monoisotopic (exact) mass is 410 g/mol. The number of carbonyl (C=O) groups excluding carboxylic acids is 1. The SMILES string of the molecule is Cc1ccc(Cn2c(C(=O)Nc3cnn(Cc4ccccc4)c3)cc3occc32)cc1. The van der Waals surface area contributed by atoms with Gasteiger partial charge in [0.05, 0.1) is 30.2 Å². The van der Waals surface area contributed by atoms with Crippen LogP contribution in [0.4, 0.5) is 5.69 Å². The van der Waals surface area contributed by atoms with Gasteiger partial charge >= 0.3 is 0 Å². The van der Waals surface area contributed by atoms with Crippen molar-refractivity contribution in [2.24, 2.45) is 0 Å². The maximum Gasteiger partial charge on any atom is 0.272 e. The topological polar surface area (TPSA) is 65.0 Å². The Morgan fingerprint density at radius 3 is 2.58 bits per heavy atom. The van der Waals surface area contributed by atoms with Crippen LogP contribution in [0, 0.1) is 6.92 Å². The number of nitrogens with zero attached hydrogens (tertiary/aromatic N) is 3. The molecule has 0 aliphatic carbocycles. The molecule has 6 nitrogen and oxygen atoms in total. The summed E-state index contributed by atoms with van der Waals surface area (Å²) in [6, 6.07) is 22.1. The number of rotatable bonds is 6. The molecule has 1 N–H and O–H groups in total. The van der Waals surface area contributed by atoms with Gasteiger partial charge in [-0.3, -0.25) is 9.48 Å². The summed E-state index contributed by atoms with van der Waals surface area (Å²) < 4.78 is 9.34. The van der Waals surface area contributed by atoms with Crippen molar-refractivity contribution in [3.8, 4) is 0 Å². The lowest BCUT2D eigenvalue weighted by Gasteiger charge is -2.10. The van der Waals surface area contributed by atoms with Gasteiger partial charge in [-0.15, -0.1) is 0 Å². The third-order valence-electron chi connectivity index (χ3n) is 5.30. The van der Waals surface area contributed by atoms with Gasteiger partial charge in [-0.2, -0.15) is 5.10 Å². The molecule has 0 fully saturated rings. The zero-order chi connectivity index (χ0) is 21.2. The summed E-state index contributed by atoms with van der Waals surface area (Å²) in [4.78, 5) is 13.1. The zero-order valence-corrected chi connectivity index (χ0v) is 17.2. The molecule has 0 aliphatic rings. The number of amides is 1. The molecule has 0 saturated carbocycles. The van der Waals surface area contributed by atoms with Crippen molar-refractivity contribution >= 4 is 22.7 Å². The van der Waals surface area contributed by atoms with Gasteiger partial charge in [-0.05, 0) is 18.1 Å². The highest BCUT2D eigenvalue weighted by molar-refractivity contribution is 6.05. The summed E-state index contributed by atoms with van der Waals surface area (Å²) in [5.74, 6) is -0.197. The Labute approximate surface area is 179 Å². The fraction of sp³-hybridized carbons (Fsp3) is 0.120. The molecule has 0 aliphatic heterocycles. The summed E-state index contributed by atoms with van der Waals surface area (Å²) in [6.45, 7) is 3.29. The van der Waals surface area contributed by atoms with Crippen molar-refractivity contribution in [3.63, 3.8) is 0 Å². The number of benzene rings is 2. The first-order chi connectivity index (χ1) is 15.2. The van der Waals surface area contributed by atoms with E-state index >= 15 is 0 Å². The van der Waals surface area contributed by atoms with Crippen LogP contribution in [0.1, 0.15) is 27.2 Å². The number of furan rings is 1. The maximum absolute atomic E-state index is 13.1. The fourth-order valence-electron chi connectivity index (χ4n) is 3.69. The number of aromatic nitrogens is 3. The maximum atomic E-state index is 13.1. The second-order valence-corrected chi connectivity index (χ2v) is 7.64. The molecule has 3 heterocycles. The predicted molar refractivity (Wildman–Crippen MR) is 120 cm³/mol. The van der Waals surface area contributed by atoms with Gasteiger partial charge < -0.3 is 14.3 Å². The Hall–Kier alpha value is -4.06. The number of hydrogen-bond donors (Lipinski definition) is 1. The minimum Gasteiger partial charge on any atom is -0.463 e. The third kappa shape index (κ3) is 4.00. The van der Waals surface area contributed by atoms with Crippen molar-refractivity contribution in [2.45, 2.75) is 20.0 Å². The number of anilines is 1. The molecule has 0 bridgehead atoms. The van der Waals surface area contributed by atoms with E-state index in [0.717, 1.165) is 16.6 Å². The summed E-state index contributed by atoms with van der Waals surface area (Å²) in [7, 11) is 0. The highest BCUT2D eigenvalue weighted by Gasteiger charge is 2.18. The van der Waals surface area contributed by atoms with Crippen molar-refractivity contribution in [3.05, 3.63) is 108 Å². The average molecular weight is 410 g/mol. The first-order valence-corrected chi connectivity index (χ1v) is 10.2. The summed E-state index contributed by atoms with van der Waals surface area (Å²) >= 11 is 0. The predicted octanol–water partition coefficient (Wildman–Crippen LogP) is 5.09. The highest BCUT2D eigenvalue weighted by atomic mass is 16.3. The minimum absolute atomic E-state index is 0.197. The standard InChI is InChI=1S/C25H22N4O2/c1-18-7-9-20(10-8-18)16-29-22-11-12-31-24(22)13-23(29)25(30)27-21-14-26-28(17-21)15-19-5-3-2-4-6-19/h2-14,17H,15-16H2,1H3,(H,27,30). The van der Waals surface area contributed by atoms with E-state index in [9.17, 15) is 4.79 Å². The molecule has 0 unspecified atom stereocenters. The number of fused-ring (bicyclic) bond motifs is 1. The summed E-state index contributed by atoms with van der Waals surface area (Å²) in [6.07, 6.45) is 5.14. The molecule has 31 heavy (non-hydrogen) atoms. The quantitative estimate of drug-likeness (QED) is 0.424. The van der Waals surface area contributed by atoms with Crippen LogP contribution in [0.3, 0.4) is 0 Å². The van der Waals surface area contributed by atoms with E-state index in [1.165, 1.54) is 5.56 Å². The van der Waals surface area contributed by atoms with E-state index in [4.69, 9.17) is 4.42 Å². The van der Waals surface area contributed by atoms with Crippen molar-refractivity contribution in [1.29, 1.82) is 0 Å². The molecule has 0 saturated heterocycles. The van der Waals surface area contributed by atoms with E-state index in [0.29, 0.717) is 30.1 Å². The Kier molecular flexibility index (Phi) is 4.88. The summed E-state index contributed by atoms with van der Waals surface area (Å²) in [5.41, 5.74) is 6.26. The van der Waals surface area contributed by atoms with Crippen LogP contribution in [0.5, 0.6) is 0 Å². The average Bonchev–Trinajstić information content (AvgIpc) is 3.48. The molecule has 0 atom stereocenters. The smallest absolute Gasteiger partial charge is 0.272 e. The number of hydrogen-bond acceptors (Lipinski definition) is 3. The highest BCUT2D eigenvalue weighted by Crippen LogP contribution is 2.23. The molecule has 1 amide bonds. The molecule has 5 rings (SSSR count). The van der Waals surface area contributed by atoms with Crippen LogP contribution in [-0.4, -0.2) is 20.3 Å². The Morgan fingerprint density at radius 1 is 1.00 bits per heavy atom. The number of carbonyl (C=O) groups is 1. The van der Waals surface area contributed by atoms with Gasteiger partial charge in [0.25, 0.3) is 5.91 Å². The molecule has 154 valence electrons. The molecule has 0 spiro atoms. The lowest BCUT2D eigenvalue weighted by Crippen LogP contribution is -2.17. The lowest BCUT2D eigenvalue weighted by molar-refractivity contribution is 0.101. The van der Waals surface area contributed by atoms with Gasteiger partial charge in [0.15, 0.2) is 5.58 Å². The van der Waals surface area contributed by atoms with E-state index < -0.39 is 0 Å². The van der Waals surface area contributed by atoms with E-state index in [1.54, 1.807) is 18.5 Å². The lowest BCUT2D eigenvalue weighted by atomic mass is 10.1. The van der Waals surface area contributed by atoms with Gasteiger partial charge in [0.2, 0.25) is 0 Å². The van der Waals surface area contributed by atoms with Gasteiger partial charge in [-0.25, -0.2) is 0 Å². The molecular formula is C25H22N4O2. The van der Waals surface area contributed by atoms with Crippen molar-refractivity contribution in [1.82, 2.24) is 14.3 Å². The normalized spacial score (nSPS) is 11.1. The number of nitrogens with one attached hydrogen (secondary N) is 1. The third-order valence-corrected chi connectivity index (χ3v) is 5.30. The molecular weight excluding hydrogens is 388 g/mol. The van der Waals surface area contributed by atoms with Gasteiger partial charge in [0, 0.05) is 24.9 Å². The number of aryl methyl sites for hydroxylation is 1. The van der Waals surface area contributed by atoms with E-state index in [2.05, 4.69) is 41.6 Å². The van der Waals surface area contributed by atoms with E-state index in [1.807, 2.05) is 51.8 Å². The van der Waals surface area contributed by atoms with Crippen LogP contribution in [0.2, 0.25) is 0 Å². The van der Waals surface area contributed by atoms with Crippen molar-refractivity contribution < 1.29 is 9.21 Å². The van der Waals surface area contributed by atoms with Crippen LogP contribution < -0.4 is 5.32 Å². The minimum atomic E-state index is -0.197. The Morgan fingerprint density at radius 2 is 1.77 bits per heavy atom. The van der Waals surface area contributed by atoms with Gasteiger partial charge in [0.1, 0.15) is 5.69 Å². The largest absolute Gasteiger partial charge is 0.463 e.